The lowest BCUT2D eigenvalue weighted by Crippen LogP contribution is -2.40. The fraction of sp³-hybridized carbons (Fsp3) is 0.538. The molecule has 22 heavy (non-hydrogen) atoms. The average Bonchev–Trinajstić information content (AvgIpc) is 2.34. The van der Waals surface area contributed by atoms with Crippen molar-refractivity contribution < 1.29 is 24.2 Å². The number of carboxylic acid groups (broad SMARTS) is 1. The molecule has 0 aliphatic rings. The number of halogens is 1. The molecule has 0 saturated carbocycles. The van der Waals surface area contributed by atoms with Crippen LogP contribution in [-0.2, 0) is 4.74 Å². The van der Waals surface area contributed by atoms with Crippen LogP contribution in [0.25, 0.3) is 0 Å². The van der Waals surface area contributed by atoms with Crippen molar-refractivity contribution >= 4 is 23.7 Å². The van der Waals surface area contributed by atoms with Crippen molar-refractivity contribution in [2.45, 2.75) is 39.3 Å². The first kappa shape index (κ1) is 18.0. The van der Waals surface area contributed by atoms with Crippen LogP contribution < -0.4 is 10.1 Å². The minimum absolute atomic E-state index is 0.000335. The van der Waals surface area contributed by atoms with Gasteiger partial charge in [-0.25, -0.2) is 9.59 Å². The first-order valence-electron chi connectivity index (χ1n) is 6.47. The molecule has 122 valence electrons. The molecular weight excluding hydrogens is 314 g/mol. The molecule has 0 aliphatic heterocycles. The van der Waals surface area contributed by atoms with E-state index in [9.17, 15) is 9.59 Å². The van der Waals surface area contributed by atoms with Crippen LogP contribution in [0.4, 0.5) is 4.79 Å². The van der Waals surface area contributed by atoms with E-state index in [0.29, 0.717) is 0 Å². The first-order chi connectivity index (χ1) is 10.1. The van der Waals surface area contributed by atoms with Crippen LogP contribution in [0, 0.1) is 0 Å². The molecule has 1 amide bonds. The number of carboxylic acids is 1. The second-order valence-electron chi connectivity index (χ2n) is 5.55. The third-order valence-electron chi connectivity index (χ3n) is 2.20. The van der Waals surface area contributed by atoms with Crippen LogP contribution in [0.3, 0.4) is 0 Å². The van der Waals surface area contributed by atoms with Gasteiger partial charge in [-0.15, -0.1) is 10.2 Å². The molecule has 1 atom stereocenters. The highest BCUT2D eigenvalue weighted by atomic mass is 35.5. The predicted molar refractivity (Wildman–Crippen MR) is 78.3 cm³/mol. The summed E-state index contributed by atoms with van der Waals surface area (Å²) in [6.45, 7) is 7.03. The lowest BCUT2D eigenvalue weighted by Gasteiger charge is -2.21. The summed E-state index contributed by atoms with van der Waals surface area (Å²) in [5, 5.41) is 18.4. The quantitative estimate of drug-likeness (QED) is 0.850. The normalized spacial score (nSPS) is 12.4. The highest BCUT2D eigenvalue weighted by Crippen LogP contribution is 2.16. The highest BCUT2D eigenvalue weighted by Gasteiger charge is 2.18. The molecule has 0 unspecified atom stereocenters. The van der Waals surface area contributed by atoms with E-state index in [1.54, 1.807) is 27.7 Å². The molecule has 1 heterocycles. The van der Waals surface area contributed by atoms with Gasteiger partial charge in [-0.2, -0.15) is 0 Å². The fourth-order valence-electron chi connectivity index (χ4n) is 1.34. The van der Waals surface area contributed by atoms with Crippen molar-refractivity contribution in [1.82, 2.24) is 15.5 Å². The Kier molecular flexibility index (Phi) is 5.92. The molecule has 9 heteroatoms. The molecule has 0 aromatic carbocycles. The third-order valence-corrected chi connectivity index (χ3v) is 2.48. The number of nitrogens with zero attached hydrogens (tertiary/aromatic N) is 2. The van der Waals surface area contributed by atoms with Crippen molar-refractivity contribution in [1.29, 1.82) is 0 Å². The summed E-state index contributed by atoms with van der Waals surface area (Å²) >= 11 is 5.60. The number of ether oxygens (including phenoxy) is 2. The average molecular weight is 332 g/mol. The van der Waals surface area contributed by atoms with E-state index >= 15 is 0 Å². The molecule has 2 N–H and O–H groups in total. The Balaban J connectivity index is 2.54. The number of carbonyl (C=O) groups is 2. The Morgan fingerprint density at radius 2 is 2.05 bits per heavy atom. The summed E-state index contributed by atoms with van der Waals surface area (Å²) in [5.74, 6) is -1.23. The van der Waals surface area contributed by atoms with Crippen molar-refractivity contribution in [2.24, 2.45) is 0 Å². The topological polar surface area (TPSA) is 111 Å². The van der Waals surface area contributed by atoms with Gasteiger partial charge in [0.2, 0.25) is 5.88 Å². The number of amides is 1. The monoisotopic (exact) mass is 331 g/mol. The van der Waals surface area contributed by atoms with E-state index < -0.39 is 17.7 Å². The highest BCUT2D eigenvalue weighted by molar-refractivity contribution is 6.32. The Hall–Kier alpha value is -2.09. The molecule has 1 aromatic rings. The predicted octanol–water partition coefficient (Wildman–Crippen LogP) is 2.12. The zero-order chi connectivity index (χ0) is 16.9. The van der Waals surface area contributed by atoms with Gasteiger partial charge in [0.1, 0.15) is 17.8 Å². The summed E-state index contributed by atoms with van der Waals surface area (Å²) in [4.78, 5) is 22.5. The summed E-state index contributed by atoms with van der Waals surface area (Å²) in [6, 6.07) is 0.790. The summed E-state index contributed by atoms with van der Waals surface area (Å²) in [5.41, 5.74) is -0.803. The van der Waals surface area contributed by atoms with E-state index in [2.05, 4.69) is 15.5 Å². The molecular formula is C13H18ClN3O5. The minimum Gasteiger partial charge on any atom is -0.478 e. The third kappa shape index (κ3) is 6.13. The molecule has 0 aliphatic carbocycles. The second kappa shape index (κ2) is 7.26. The Labute approximate surface area is 132 Å². The molecule has 0 bridgehead atoms. The van der Waals surface area contributed by atoms with Crippen LogP contribution in [0.5, 0.6) is 5.88 Å². The number of aromatic carboxylic acids is 1. The SMILES string of the molecule is C[C@@H](COc1cc(C(=O)O)c(Cl)nn1)NC(=O)OC(C)(C)C. The summed E-state index contributed by atoms with van der Waals surface area (Å²) in [6.07, 6.45) is -0.572. The Morgan fingerprint density at radius 3 is 2.59 bits per heavy atom. The standard InChI is InChI=1S/C13H18ClN3O5/c1-7(15-12(20)22-13(2,3)4)6-21-9-5-8(11(18)19)10(14)17-16-9/h5,7H,6H2,1-4H3,(H,15,20)(H,18,19)/t7-/m0/s1. The van der Waals surface area contributed by atoms with Crippen molar-refractivity contribution in [3.8, 4) is 5.88 Å². The van der Waals surface area contributed by atoms with Gasteiger partial charge in [0.05, 0.1) is 6.04 Å². The van der Waals surface area contributed by atoms with Crippen LogP contribution in [0.15, 0.2) is 6.07 Å². The van der Waals surface area contributed by atoms with Gasteiger partial charge in [0, 0.05) is 6.07 Å². The molecule has 0 fully saturated rings. The van der Waals surface area contributed by atoms with Gasteiger partial charge in [0.25, 0.3) is 0 Å². The number of aromatic nitrogens is 2. The molecule has 0 saturated heterocycles. The van der Waals surface area contributed by atoms with Crippen molar-refractivity contribution in [3.63, 3.8) is 0 Å². The molecule has 0 spiro atoms. The van der Waals surface area contributed by atoms with E-state index in [4.69, 9.17) is 26.2 Å². The maximum Gasteiger partial charge on any atom is 0.407 e. The van der Waals surface area contributed by atoms with Crippen LogP contribution in [-0.4, -0.2) is 45.6 Å². The second-order valence-corrected chi connectivity index (χ2v) is 5.91. The number of rotatable bonds is 5. The van der Waals surface area contributed by atoms with Crippen LogP contribution >= 0.6 is 11.6 Å². The van der Waals surface area contributed by atoms with Gasteiger partial charge in [-0.3, -0.25) is 0 Å². The maximum absolute atomic E-state index is 11.6. The number of carbonyl (C=O) groups excluding carboxylic acids is 1. The van der Waals surface area contributed by atoms with E-state index in [0.717, 1.165) is 6.07 Å². The van der Waals surface area contributed by atoms with Crippen LogP contribution in [0.1, 0.15) is 38.1 Å². The smallest absolute Gasteiger partial charge is 0.407 e. The van der Waals surface area contributed by atoms with Gasteiger partial charge < -0.3 is 19.9 Å². The van der Waals surface area contributed by atoms with E-state index in [1.807, 2.05) is 0 Å². The first-order valence-corrected chi connectivity index (χ1v) is 6.85. The molecule has 8 nitrogen and oxygen atoms in total. The maximum atomic E-state index is 11.6. The number of nitrogens with one attached hydrogen (secondary N) is 1. The number of hydrogen-bond donors (Lipinski definition) is 2. The number of alkyl carbamates (subject to hydrolysis) is 1. The molecule has 1 aromatic heterocycles. The number of hydrogen-bond acceptors (Lipinski definition) is 6. The fourth-order valence-corrected chi connectivity index (χ4v) is 1.51. The minimum atomic E-state index is -1.23. The van der Waals surface area contributed by atoms with Gasteiger partial charge in [0.15, 0.2) is 5.15 Å². The lowest BCUT2D eigenvalue weighted by atomic mass is 10.2. The van der Waals surface area contributed by atoms with E-state index in [-0.39, 0.29) is 29.2 Å². The largest absolute Gasteiger partial charge is 0.478 e. The zero-order valence-electron chi connectivity index (χ0n) is 12.7. The Morgan fingerprint density at radius 1 is 1.41 bits per heavy atom. The van der Waals surface area contributed by atoms with Gasteiger partial charge >= 0.3 is 12.1 Å². The van der Waals surface area contributed by atoms with Gasteiger partial charge in [-0.1, -0.05) is 11.6 Å². The molecule has 1 rings (SSSR count). The lowest BCUT2D eigenvalue weighted by molar-refractivity contribution is 0.0493. The summed E-state index contributed by atoms with van der Waals surface area (Å²) < 4.78 is 10.4. The Bertz CT molecular complexity index is 559. The molecule has 0 radical (unpaired) electrons. The van der Waals surface area contributed by atoms with Crippen molar-refractivity contribution in [3.05, 3.63) is 16.8 Å². The van der Waals surface area contributed by atoms with E-state index in [1.165, 1.54) is 0 Å². The zero-order valence-corrected chi connectivity index (χ0v) is 13.5. The van der Waals surface area contributed by atoms with Gasteiger partial charge in [-0.05, 0) is 27.7 Å². The van der Waals surface area contributed by atoms with Crippen molar-refractivity contribution in [2.75, 3.05) is 6.61 Å². The summed E-state index contributed by atoms with van der Waals surface area (Å²) in [7, 11) is 0. The van der Waals surface area contributed by atoms with Crippen LogP contribution in [0.2, 0.25) is 5.15 Å².